The predicted octanol–water partition coefficient (Wildman–Crippen LogP) is 4.69. The number of nitrogens with one attached hydrogen (secondary N) is 1. The Morgan fingerprint density at radius 3 is 2.75 bits per heavy atom. The third-order valence-corrected chi connectivity index (χ3v) is 5.86. The van der Waals surface area contributed by atoms with Crippen molar-refractivity contribution in [1.29, 1.82) is 0 Å². The summed E-state index contributed by atoms with van der Waals surface area (Å²) in [6.07, 6.45) is 0.686. The fourth-order valence-corrected chi connectivity index (χ4v) is 4.14. The van der Waals surface area contributed by atoms with Gasteiger partial charge in [-0.1, -0.05) is 35.9 Å². The van der Waals surface area contributed by atoms with Gasteiger partial charge in [-0.25, -0.2) is 4.79 Å². The van der Waals surface area contributed by atoms with Gasteiger partial charge in [0.05, 0.1) is 17.1 Å². The first kappa shape index (κ1) is 20.3. The topological polar surface area (TPSA) is 89.1 Å². The summed E-state index contributed by atoms with van der Waals surface area (Å²) in [6.45, 7) is 2.99. The first-order valence-electron chi connectivity index (χ1n) is 10.3. The van der Waals surface area contributed by atoms with E-state index >= 15 is 0 Å². The fourth-order valence-electron chi connectivity index (χ4n) is 3.93. The van der Waals surface area contributed by atoms with Gasteiger partial charge in [0, 0.05) is 37.0 Å². The van der Waals surface area contributed by atoms with E-state index in [1.165, 1.54) is 0 Å². The average Bonchev–Trinajstić information content (AvgIpc) is 3.39. The van der Waals surface area contributed by atoms with E-state index in [4.69, 9.17) is 16.0 Å². The largest absolute Gasteiger partial charge is 0.414 e. The zero-order chi connectivity index (χ0) is 22.2. The van der Waals surface area contributed by atoms with Gasteiger partial charge in [-0.15, -0.1) is 10.2 Å². The molecule has 1 aliphatic heterocycles. The molecular weight excluding hydrogens is 428 g/mol. The van der Waals surface area contributed by atoms with Crippen LogP contribution < -0.4 is 5.32 Å². The van der Waals surface area contributed by atoms with Gasteiger partial charge < -0.3 is 14.6 Å². The molecule has 0 spiro atoms. The van der Waals surface area contributed by atoms with Crippen LogP contribution in [0.2, 0.25) is 5.02 Å². The van der Waals surface area contributed by atoms with E-state index in [1.54, 1.807) is 11.0 Å². The van der Waals surface area contributed by atoms with E-state index in [9.17, 15) is 4.79 Å². The first-order chi connectivity index (χ1) is 15.5. The fraction of sp³-hybridized carbons (Fsp3) is 0.217. The molecule has 3 heterocycles. The number of hydrogen-bond donors (Lipinski definition) is 1. The molecule has 162 valence electrons. The number of anilines is 1. The zero-order valence-corrected chi connectivity index (χ0v) is 18.4. The summed E-state index contributed by atoms with van der Waals surface area (Å²) in [7, 11) is 1.89. The number of benzene rings is 2. The van der Waals surface area contributed by atoms with Gasteiger partial charge in [0.25, 0.3) is 5.89 Å². The number of urea groups is 1. The molecule has 0 bridgehead atoms. The molecule has 32 heavy (non-hydrogen) atoms. The van der Waals surface area contributed by atoms with E-state index in [0.717, 1.165) is 22.5 Å². The van der Waals surface area contributed by atoms with Gasteiger partial charge in [-0.2, -0.15) is 5.10 Å². The summed E-state index contributed by atoms with van der Waals surface area (Å²) >= 11 is 6.27. The zero-order valence-electron chi connectivity index (χ0n) is 17.7. The second-order valence-corrected chi connectivity index (χ2v) is 8.17. The highest BCUT2D eigenvalue weighted by Gasteiger charge is 2.29. The molecule has 0 fully saturated rings. The van der Waals surface area contributed by atoms with Crippen molar-refractivity contribution < 1.29 is 9.21 Å². The molecular formula is C23H21ClN6O2. The number of carbonyl (C=O) groups is 1. The number of aromatic nitrogens is 4. The predicted molar refractivity (Wildman–Crippen MR) is 121 cm³/mol. The molecule has 8 nitrogen and oxygen atoms in total. The molecule has 0 atom stereocenters. The number of halogens is 1. The van der Waals surface area contributed by atoms with Crippen LogP contribution in [0.1, 0.15) is 16.8 Å². The van der Waals surface area contributed by atoms with Gasteiger partial charge in [-0.3, -0.25) is 4.68 Å². The van der Waals surface area contributed by atoms with Crippen LogP contribution in [0.4, 0.5) is 10.5 Å². The number of rotatable bonds is 3. The summed E-state index contributed by atoms with van der Waals surface area (Å²) in [4.78, 5) is 14.7. The molecule has 1 aliphatic rings. The van der Waals surface area contributed by atoms with Crippen molar-refractivity contribution >= 4 is 23.3 Å². The van der Waals surface area contributed by atoms with Crippen molar-refractivity contribution in [2.45, 2.75) is 19.9 Å². The summed E-state index contributed by atoms with van der Waals surface area (Å²) < 4.78 is 7.74. The number of hydrogen-bond acceptors (Lipinski definition) is 5. The minimum Gasteiger partial charge on any atom is -0.414 e. The van der Waals surface area contributed by atoms with Crippen LogP contribution >= 0.6 is 11.6 Å². The van der Waals surface area contributed by atoms with Gasteiger partial charge in [-0.05, 0) is 36.8 Å². The molecule has 1 N–H and O–H groups in total. The second kappa shape index (κ2) is 8.12. The van der Waals surface area contributed by atoms with Gasteiger partial charge in [0.1, 0.15) is 0 Å². The normalized spacial score (nSPS) is 13.2. The lowest BCUT2D eigenvalue weighted by molar-refractivity contribution is 0.206. The third kappa shape index (κ3) is 3.73. The van der Waals surface area contributed by atoms with Crippen molar-refractivity contribution in [3.63, 3.8) is 0 Å². The Hall–Kier alpha value is -3.65. The number of carbonyl (C=O) groups excluding carboxylic acids is 1. The lowest BCUT2D eigenvalue weighted by atomic mass is 10.1. The monoisotopic (exact) mass is 448 g/mol. The first-order valence-corrected chi connectivity index (χ1v) is 10.6. The van der Waals surface area contributed by atoms with Crippen LogP contribution in [0.3, 0.4) is 0 Å². The summed E-state index contributed by atoms with van der Waals surface area (Å²) in [5.41, 5.74) is 5.07. The Kier molecular flexibility index (Phi) is 5.14. The molecule has 5 rings (SSSR count). The lowest BCUT2D eigenvalue weighted by Gasteiger charge is -2.27. The number of nitrogens with zero attached hydrogens (tertiary/aromatic N) is 5. The maximum atomic E-state index is 12.9. The van der Waals surface area contributed by atoms with Gasteiger partial charge in [0.15, 0.2) is 5.69 Å². The van der Waals surface area contributed by atoms with Gasteiger partial charge >= 0.3 is 6.03 Å². The molecule has 0 saturated carbocycles. The Bertz CT molecular complexity index is 1310. The number of aryl methyl sites for hydroxylation is 2. The molecule has 2 aromatic carbocycles. The van der Waals surface area contributed by atoms with Crippen LogP contribution in [0.15, 0.2) is 52.9 Å². The Morgan fingerprint density at radius 1 is 1.12 bits per heavy atom. The SMILES string of the molecule is Cc1cccc(NC(=O)N2CCc3c(c(-c4nnc(-c5ccccc5Cl)o4)nn3C)C2)c1. The number of amides is 2. The Balaban J connectivity index is 1.41. The molecule has 2 amide bonds. The number of fused-ring (bicyclic) bond motifs is 1. The summed E-state index contributed by atoms with van der Waals surface area (Å²) in [6, 6.07) is 14.9. The highest BCUT2D eigenvalue weighted by Crippen LogP contribution is 2.32. The molecule has 2 aromatic heterocycles. The lowest BCUT2D eigenvalue weighted by Crippen LogP contribution is -2.39. The average molecular weight is 449 g/mol. The minimum atomic E-state index is -0.154. The highest BCUT2D eigenvalue weighted by atomic mass is 35.5. The second-order valence-electron chi connectivity index (χ2n) is 7.76. The Labute approximate surface area is 189 Å². The standard InChI is InChI=1S/C23H21ClN6O2/c1-14-6-5-7-15(12-14)25-23(31)30-11-10-19-17(13-30)20(28-29(19)2)22-27-26-21(32-22)16-8-3-4-9-18(16)24/h3-9,12H,10-11,13H2,1-2H3,(H,25,31). The highest BCUT2D eigenvalue weighted by molar-refractivity contribution is 6.33. The smallest absolute Gasteiger partial charge is 0.322 e. The van der Waals surface area contributed by atoms with E-state index in [2.05, 4.69) is 20.6 Å². The van der Waals surface area contributed by atoms with Crippen LogP contribution in [0.25, 0.3) is 23.0 Å². The third-order valence-electron chi connectivity index (χ3n) is 5.53. The maximum absolute atomic E-state index is 12.9. The van der Waals surface area contributed by atoms with E-state index in [0.29, 0.717) is 47.6 Å². The molecule has 4 aromatic rings. The van der Waals surface area contributed by atoms with Crippen molar-refractivity contribution in [1.82, 2.24) is 24.9 Å². The van der Waals surface area contributed by atoms with Crippen molar-refractivity contribution in [3.8, 4) is 23.0 Å². The van der Waals surface area contributed by atoms with Crippen molar-refractivity contribution in [3.05, 3.63) is 70.4 Å². The van der Waals surface area contributed by atoms with Crippen LogP contribution in [0, 0.1) is 6.92 Å². The van der Waals surface area contributed by atoms with Crippen LogP contribution in [0.5, 0.6) is 0 Å². The summed E-state index contributed by atoms with van der Waals surface area (Å²) in [5, 5.41) is 16.5. The molecule has 0 saturated heterocycles. The molecule has 0 unspecified atom stereocenters. The minimum absolute atomic E-state index is 0.154. The maximum Gasteiger partial charge on any atom is 0.322 e. The van der Waals surface area contributed by atoms with E-state index < -0.39 is 0 Å². The van der Waals surface area contributed by atoms with Crippen molar-refractivity contribution in [2.24, 2.45) is 7.05 Å². The summed E-state index contributed by atoms with van der Waals surface area (Å²) in [5.74, 6) is 0.632. The van der Waals surface area contributed by atoms with Crippen LogP contribution in [-0.4, -0.2) is 37.5 Å². The van der Waals surface area contributed by atoms with E-state index in [1.807, 2.05) is 61.1 Å². The van der Waals surface area contributed by atoms with Crippen molar-refractivity contribution in [2.75, 3.05) is 11.9 Å². The van der Waals surface area contributed by atoms with Gasteiger partial charge in [0.2, 0.25) is 5.89 Å². The molecule has 0 radical (unpaired) electrons. The van der Waals surface area contributed by atoms with Crippen LogP contribution in [-0.2, 0) is 20.0 Å². The Morgan fingerprint density at radius 2 is 1.94 bits per heavy atom. The quantitative estimate of drug-likeness (QED) is 0.491. The molecule has 0 aliphatic carbocycles. The molecule has 9 heteroatoms. The van der Waals surface area contributed by atoms with E-state index in [-0.39, 0.29) is 6.03 Å².